The lowest BCUT2D eigenvalue weighted by Gasteiger charge is -2.31. The van der Waals surface area contributed by atoms with Crippen molar-refractivity contribution in [1.82, 2.24) is 5.32 Å². The Bertz CT molecular complexity index is 947. The van der Waals surface area contributed by atoms with E-state index < -0.39 is 26.9 Å². The molecule has 0 fully saturated rings. The van der Waals surface area contributed by atoms with E-state index in [0.29, 0.717) is 0 Å². The normalized spacial score (nSPS) is 13.4. The average molecular weight is 405 g/mol. The molecule has 9 heteroatoms. The van der Waals surface area contributed by atoms with Gasteiger partial charge in [0, 0.05) is 12.1 Å². The van der Waals surface area contributed by atoms with Gasteiger partial charge in [-0.25, -0.2) is 8.42 Å². The molecule has 0 saturated carbocycles. The molecule has 2 atom stereocenters. The highest BCUT2D eigenvalue weighted by Crippen LogP contribution is 2.27. The van der Waals surface area contributed by atoms with Crippen molar-refractivity contribution in [2.75, 3.05) is 10.6 Å². The lowest BCUT2D eigenvalue weighted by molar-refractivity contribution is -0.384. The average Bonchev–Trinajstić information content (AvgIpc) is 2.65. The highest BCUT2D eigenvalue weighted by atomic mass is 32.2. The first-order chi connectivity index (χ1) is 13.1. The zero-order valence-electron chi connectivity index (χ0n) is 15.9. The Labute approximate surface area is 164 Å². The van der Waals surface area contributed by atoms with E-state index in [9.17, 15) is 23.3 Å². The van der Waals surface area contributed by atoms with E-state index in [1.165, 1.54) is 18.2 Å². The van der Waals surface area contributed by atoms with Crippen molar-refractivity contribution in [2.24, 2.45) is 0 Å². The molecule has 1 N–H and O–H groups in total. The standard InChI is InChI=1S/C19H23N3O5S/c1-4-18(19(23)20-14(2)15-9-6-5-7-10-15)21(28(3,26)27)16-11-8-12-17(13-16)22(24)25/h5-14,18H,4H2,1-3H3,(H,20,23)/t14-,18+/m0/s1. The van der Waals surface area contributed by atoms with E-state index in [1.54, 1.807) is 13.8 Å². The SMILES string of the molecule is CC[C@H](C(=O)N[C@@H](C)c1ccccc1)N(c1cccc([N+](=O)[O-])c1)S(C)(=O)=O. The van der Waals surface area contributed by atoms with Crippen LogP contribution in [0.25, 0.3) is 0 Å². The lowest BCUT2D eigenvalue weighted by Crippen LogP contribution is -2.49. The van der Waals surface area contributed by atoms with E-state index in [1.807, 2.05) is 30.3 Å². The van der Waals surface area contributed by atoms with Gasteiger partial charge in [0.2, 0.25) is 15.9 Å². The van der Waals surface area contributed by atoms with Gasteiger partial charge in [0.15, 0.2) is 0 Å². The number of nitrogens with one attached hydrogen (secondary N) is 1. The van der Waals surface area contributed by atoms with Crippen molar-refractivity contribution in [1.29, 1.82) is 0 Å². The molecule has 0 aliphatic heterocycles. The lowest BCUT2D eigenvalue weighted by atomic mass is 10.1. The Kier molecular flexibility index (Phi) is 6.74. The van der Waals surface area contributed by atoms with Gasteiger partial charge in [-0.15, -0.1) is 0 Å². The highest BCUT2D eigenvalue weighted by molar-refractivity contribution is 7.92. The third-order valence-corrected chi connectivity index (χ3v) is 5.46. The molecule has 28 heavy (non-hydrogen) atoms. The molecule has 0 spiro atoms. The third kappa shape index (κ3) is 5.07. The minimum Gasteiger partial charge on any atom is -0.348 e. The number of hydrogen-bond acceptors (Lipinski definition) is 5. The molecule has 0 radical (unpaired) electrons. The number of nitro benzene ring substituents is 1. The fraction of sp³-hybridized carbons (Fsp3) is 0.316. The van der Waals surface area contributed by atoms with E-state index in [4.69, 9.17) is 0 Å². The van der Waals surface area contributed by atoms with Crippen LogP contribution in [0, 0.1) is 10.1 Å². The first-order valence-corrected chi connectivity index (χ1v) is 10.6. The predicted molar refractivity (Wildman–Crippen MR) is 107 cm³/mol. The molecule has 2 rings (SSSR count). The van der Waals surface area contributed by atoms with Crippen molar-refractivity contribution in [2.45, 2.75) is 32.4 Å². The number of non-ortho nitro benzene ring substituents is 1. The van der Waals surface area contributed by atoms with Gasteiger partial charge in [0.25, 0.3) is 5.69 Å². The van der Waals surface area contributed by atoms with Crippen LogP contribution in [0.5, 0.6) is 0 Å². The fourth-order valence-electron chi connectivity index (χ4n) is 2.94. The Morgan fingerprint density at radius 1 is 1.18 bits per heavy atom. The Morgan fingerprint density at radius 2 is 1.82 bits per heavy atom. The summed E-state index contributed by atoms with van der Waals surface area (Å²) in [5.74, 6) is -0.476. The number of carbonyl (C=O) groups excluding carboxylic acids is 1. The molecule has 0 unspecified atom stereocenters. The number of sulfonamides is 1. The topological polar surface area (TPSA) is 110 Å². The van der Waals surface area contributed by atoms with Gasteiger partial charge in [0.05, 0.1) is 22.9 Å². The number of nitro groups is 1. The number of hydrogen-bond donors (Lipinski definition) is 1. The molecule has 2 aromatic rings. The van der Waals surface area contributed by atoms with Gasteiger partial charge < -0.3 is 5.32 Å². The summed E-state index contributed by atoms with van der Waals surface area (Å²) in [7, 11) is -3.87. The quantitative estimate of drug-likeness (QED) is 0.536. The smallest absolute Gasteiger partial charge is 0.271 e. The highest BCUT2D eigenvalue weighted by Gasteiger charge is 2.32. The third-order valence-electron chi connectivity index (χ3n) is 4.28. The molecule has 1 amide bonds. The van der Waals surface area contributed by atoms with Crippen molar-refractivity contribution in [3.8, 4) is 0 Å². The Morgan fingerprint density at radius 3 is 2.36 bits per heavy atom. The molecule has 0 saturated heterocycles. The van der Waals surface area contributed by atoms with Gasteiger partial charge in [-0.3, -0.25) is 19.2 Å². The molecule has 150 valence electrons. The monoisotopic (exact) mass is 405 g/mol. The van der Waals surface area contributed by atoms with Gasteiger partial charge in [-0.05, 0) is 25.0 Å². The largest absolute Gasteiger partial charge is 0.348 e. The van der Waals surface area contributed by atoms with E-state index in [0.717, 1.165) is 22.2 Å². The molecule has 0 heterocycles. The van der Waals surface area contributed by atoms with E-state index in [2.05, 4.69) is 5.32 Å². The number of carbonyl (C=O) groups is 1. The van der Waals surface area contributed by atoms with Crippen LogP contribution in [-0.4, -0.2) is 31.5 Å². The summed E-state index contributed by atoms with van der Waals surface area (Å²) in [6, 6.07) is 13.2. The van der Waals surface area contributed by atoms with Crippen LogP contribution in [-0.2, 0) is 14.8 Å². The molecule has 8 nitrogen and oxygen atoms in total. The molecule has 0 aromatic heterocycles. The van der Waals surface area contributed by atoms with Crippen molar-refractivity contribution in [3.63, 3.8) is 0 Å². The minimum absolute atomic E-state index is 0.0751. The van der Waals surface area contributed by atoms with Crippen molar-refractivity contribution >= 4 is 27.3 Å². The number of nitrogens with zero attached hydrogens (tertiary/aromatic N) is 2. The fourth-order valence-corrected chi connectivity index (χ4v) is 4.14. The summed E-state index contributed by atoms with van der Waals surface area (Å²) < 4.78 is 25.8. The number of anilines is 1. The number of benzene rings is 2. The molecule has 2 aromatic carbocycles. The maximum atomic E-state index is 12.9. The molecule has 0 bridgehead atoms. The second kappa shape index (κ2) is 8.83. The van der Waals surface area contributed by atoms with Crippen molar-refractivity contribution in [3.05, 3.63) is 70.3 Å². The summed E-state index contributed by atoms with van der Waals surface area (Å²) in [4.78, 5) is 23.3. The summed E-state index contributed by atoms with van der Waals surface area (Å²) in [6.45, 7) is 3.49. The molecule has 0 aliphatic rings. The summed E-state index contributed by atoms with van der Waals surface area (Å²) in [6.07, 6.45) is 1.17. The Hall–Kier alpha value is -2.94. The zero-order valence-corrected chi connectivity index (χ0v) is 16.7. The zero-order chi connectivity index (χ0) is 20.9. The van der Waals surface area contributed by atoms with Crippen LogP contribution >= 0.6 is 0 Å². The van der Waals surface area contributed by atoms with Crippen LogP contribution in [0.2, 0.25) is 0 Å². The maximum Gasteiger partial charge on any atom is 0.271 e. The van der Waals surface area contributed by atoms with Crippen molar-refractivity contribution < 1.29 is 18.1 Å². The second-order valence-electron chi connectivity index (χ2n) is 6.40. The van der Waals surface area contributed by atoms with Gasteiger partial charge in [-0.2, -0.15) is 0 Å². The number of amides is 1. The second-order valence-corrected chi connectivity index (χ2v) is 8.26. The Balaban J connectivity index is 2.37. The summed E-state index contributed by atoms with van der Waals surface area (Å²) >= 11 is 0. The van der Waals surface area contributed by atoms with Crippen LogP contribution in [0.3, 0.4) is 0 Å². The summed E-state index contributed by atoms with van der Waals surface area (Å²) in [5, 5.41) is 13.9. The first-order valence-electron chi connectivity index (χ1n) is 8.74. The first kappa shape index (κ1) is 21.4. The van der Waals surface area contributed by atoms with Crippen LogP contribution in [0.4, 0.5) is 11.4 Å². The van der Waals surface area contributed by atoms with Gasteiger partial charge in [0.1, 0.15) is 6.04 Å². The van der Waals surface area contributed by atoms with E-state index >= 15 is 0 Å². The number of rotatable bonds is 8. The van der Waals surface area contributed by atoms with Crippen LogP contribution in [0.15, 0.2) is 54.6 Å². The predicted octanol–water partition coefficient (Wildman–Crippen LogP) is 3.02. The summed E-state index contributed by atoms with van der Waals surface area (Å²) in [5.41, 5.74) is 0.706. The van der Waals surface area contributed by atoms with E-state index in [-0.39, 0.29) is 23.8 Å². The van der Waals surface area contributed by atoms with Crippen LogP contribution < -0.4 is 9.62 Å². The maximum absolute atomic E-state index is 12.9. The molecular formula is C19H23N3O5S. The van der Waals surface area contributed by atoms with Gasteiger partial charge in [-0.1, -0.05) is 43.3 Å². The van der Waals surface area contributed by atoms with Crippen LogP contribution in [0.1, 0.15) is 31.9 Å². The van der Waals surface area contributed by atoms with Gasteiger partial charge >= 0.3 is 0 Å². The molecular weight excluding hydrogens is 382 g/mol. The minimum atomic E-state index is -3.87. The molecule has 0 aliphatic carbocycles.